The molecule has 196 valence electrons. The summed E-state index contributed by atoms with van der Waals surface area (Å²) in [7, 11) is -3.87. The SMILES string of the molecule is NNC=NCCCC(NC(=O)Cn1cccc(NS(=O)(=O)Cc2ccccc2)c1=O)C(=O)c1nccs1. The second kappa shape index (κ2) is 13.4. The van der Waals surface area contributed by atoms with Gasteiger partial charge >= 0.3 is 0 Å². The molecule has 0 saturated heterocycles. The monoisotopic (exact) mass is 545 g/mol. The molecule has 1 atom stereocenters. The molecule has 1 unspecified atom stereocenters. The van der Waals surface area contributed by atoms with E-state index in [0.717, 1.165) is 15.9 Å². The van der Waals surface area contributed by atoms with E-state index >= 15 is 0 Å². The van der Waals surface area contributed by atoms with Crippen LogP contribution in [0.5, 0.6) is 0 Å². The standard InChI is InChI=1S/C23H27N7O5S2/c24-27-16-25-10-4-8-18(21(32)22-26-11-13-36-22)28-20(31)14-30-12-5-9-19(23(30)33)29-37(34,35)15-17-6-2-1-3-7-17/h1-3,5-7,9,11-13,16,18,29H,4,8,10,14-15,24H2,(H,25,27)(H,28,31). The molecular formula is C23H27N7O5S2. The normalized spacial score (nSPS) is 12.2. The Kier molecular flexibility index (Phi) is 10.1. The summed E-state index contributed by atoms with van der Waals surface area (Å²) in [6.07, 6.45) is 4.96. The molecule has 1 amide bonds. The Morgan fingerprint density at radius 1 is 1.19 bits per heavy atom. The Morgan fingerprint density at radius 2 is 1.97 bits per heavy atom. The summed E-state index contributed by atoms with van der Waals surface area (Å²) in [6, 6.07) is 10.4. The van der Waals surface area contributed by atoms with Crippen LogP contribution in [0, 0.1) is 0 Å². The first-order valence-electron chi connectivity index (χ1n) is 11.2. The summed E-state index contributed by atoms with van der Waals surface area (Å²) >= 11 is 1.16. The highest BCUT2D eigenvalue weighted by atomic mass is 32.2. The summed E-state index contributed by atoms with van der Waals surface area (Å²) in [5.74, 6) is 3.88. The summed E-state index contributed by atoms with van der Waals surface area (Å²) in [4.78, 5) is 46.5. The van der Waals surface area contributed by atoms with E-state index in [1.165, 1.54) is 30.9 Å². The Balaban J connectivity index is 1.68. The number of nitrogens with two attached hydrogens (primary N) is 1. The minimum atomic E-state index is -3.87. The van der Waals surface area contributed by atoms with Crippen molar-refractivity contribution < 1.29 is 18.0 Å². The molecule has 0 aliphatic carbocycles. The summed E-state index contributed by atoms with van der Waals surface area (Å²) in [5.41, 5.74) is 1.97. The van der Waals surface area contributed by atoms with Crippen LogP contribution in [0.2, 0.25) is 0 Å². The van der Waals surface area contributed by atoms with Crippen molar-refractivity contribution >= 4 is 45.1 Å². The van der Waals surface area contributed by atoms with Crippen molar-refractivity contribution in [1.29, 1.82) is 0 Å². The molecule has 2 heterocycles. The molecule has 12 nitrogen and oxygen atoms in total. The number of ketones is 1. The number of amides is 1. The van der Waals surface area contributed by atoms with Gasteiger partial charge in [-0.1, -0.05) is 30.3 Å². The maximum atomic E-state index is 12.9. The number of pyridine rings is 1. The number of hydrazine groups is 1. The molecule has 37 heavy (non-hydrogen) atoms. The number of sulfonamides is 1. The van der Waals surface area contributed by atoms with Crippen LogP contribution in [0.25, 0.3) is 0 Å². The number of rotatable bonds is 14. The Bertz CT molecular complexity index is 1370. The number of anilines is 1. The fraction of sp³-hybridized carbons (Fsp3) is 0.261. The van der Waals surface area contributed by atoms with Crippen molar-refractivity contribution in [1.82, 2.24) is 20.3 Å². The smallest absolute Gasteiger partial charge is 0.275 e. The molecule has 0 bridgehead atoms. The van der Waals surface area contributed by atoms with E-state index in [2.05, 4.69) is 25.4 Å². The van der Waals surface area contributed by atoms with Gasteiger partial charge in [0.25, 0.3) is 5.56 Å². The van der Waals surface area contributed by atoms with Crippen LogP contribution in [0.15, 0.2) is 70.0 Å². The minimum Gasteiger partial charge on any atom is -0.344 e. The van der Waals surface area contributed by atoms with Crippen LogP contribution in [0.4, 0.5) is 5.69 Å². The molecule has 5 N–H and O–H groups in total. The molecule has 14 heteroatoms. The van der Waals surface area contributed by atoms with E-state index in [9.17, 15) is 22.8 Å². The van der Waals surface area contributed by atoms with Crippen molar-refractivity contribution in [3.8, 4) is 0 Å². The van der Waals surface area contributed by atoms with Gasteiger partial charge in [0.05, 0.1) is 18.1 Å². The number of aliphatic imine (C=N–C) groups is 1. The van der Waals surface area contributed by atoms with Crippen LogP contribution in [0.3, 0.4) is 0 Å². The second-order valence-electron chi connectivity index (χ2n) is 7.87. The van der Waals surface area contributed by atoms with Crippen LogP contribution in [-0.4, -0.2) is 48.6 Å². The fourth-order valence-electron chi connectivity index (χ4n) is 3.40. The Labute approximate surface area is 217 Å². The summed E-state index contributed by atoms with van der Waals surface area (Å²) in [5, 5.41) is 4.57. The zero-order valence-electron chi connectivity index (χ0n) is 19.7. The molecule has 2 aromatic heterocycles. The molecule has 0 radical (unpaired) electrons. The van der Waals surface area contributed by atoms with Gasteiger partial charge in [-0.2, -0.15) is 0 Å². The number of hydrogen-bond acceptors (Lipinski definition) is 9. The number of carbonyl (C=O) groups excluding carboxylic acids is 2. The van der Waals surface area contributed by atoms with Gasteiger partial charge in [-0.15, -0.1) is 11.3 Å². The van der Waals surface area contributed by atoms with Gasteiger partial charge in [0, 0.05) is 24.3 Å². The number of benzene rings is 1. The van der Waals surface area contributed by atoms with E-state index in [0.29, 0.717) is 24.9 Å². The van der Waals surface area contributed by atoms with Gasteiger partial charge in [-0.3, -0.25) is 24.1 Å². The molecule has 3 rings (SSSR count). The number of carbonyl (C=O) groups is 2. The lowest BCUT2D eigenvalue weighted by Gasteiger charge is -2.17. The average Bonchev–Trinajstić information content (AvgIpc) is 3.40. The lowest BCUT2D eigenvalue weighted by Crippen LogP contribution is -2.43. The van der Waals surface area contributed by atoms with E-state index in [1.54, 1.807) is 35.7 Å². The first-order chi connectivity index (χ1) is 17.8. The quantitative estimate of drug-likeness (QED) is 0.0576. The van der Waals surface area contributed by atoms with Crippen molar-refractivity contribution in [2.75, 3.05) is 11.3 Å². The molecule has 0 fully saturated rings. The highest BCUT2D eigenvalue weighted by Crippen LogP contribution is 2.12. The maximum Gasteiger partial charge on any atom is 0.275 e. The Morgan fingerprint density at radius 3 is 2.68 bits per heavy atom. The van der Waals surface area contributed by atoms with Gasteiger partial charge in [-0.25, -0.2) is 19.2 Å². The Hall–Kier alpha value is -3.88. The topological polar surface area (TPSA) is 178 Å². The number of aromatic nitrogens is 2. The van der Waals surface area contributed by atoms with Gasteiger partial charge in [0.1, 0.15) is 12.2 Å². The number of Topliss-reactive ketones (excluding diaryl/α,β-unsaturated/α-hetero) is 1. The third-order valence-electron chi connectivity index (χ3n) is 5.04. The molecule has 0 aliphatic rings. The minimum absolute atomic E-state index is 0.187. The van der Waals surface area contributed by atoms with Gasteiger partial charge in [-0.05, 0) is 30.5 Å². The average molecular weight is 546 g/mol. The van der Waals surface area contributed by atoms with E-state index in [4.69, 9.17) is 5.84 Å². The highest BCUT2D eigenvalue weighted by Gasteiger charge is 2.24. The zero-order chi connectivity index (χ0) is 26.7. The summed E-state index contributed by atoms with van der Waals surface area (Å²) in [6.45, 7) is -0.0314. The van der Waals surface area contributed by atoms with Gasteiger partial charge in [0.2, 0.25) is 21.7 Å². The lowest BCUT2D eigenvalue weighted by molar-refractivity contribution is -0.122. The zero-order valence-corrected chi connectivity index (χ0v) is 21.4. The largest absolute Gasteiger partial charge is 0.344 e. The third kappa shape index (κ3) is 8.63. The predicted molar refractivity (Wildman–Crippen MR) is 142 cm³/mol. The van der Waals surface area contributed by atoms with Crippen molar-refractivity contribution in [2.24, 2.45) is 10.8 Å². The van der Waals surface area contributed by atoms with Crippen LogP contribution in [-0.2, 0) is 27.1 Å². The van der Waals surface area contributed by atoms with E-state index in [1.807, 2.05) is 0 Å². The first-order valence-corrected chi connectivity index (χ1v) is 13.7. The predicted octanol–water partition coefficient (Wildman–Crippen LogP) is 0.886. The highest BCUT2D eigenvalue weighted by molar-refractivity contribution is 7.91. The number of nitrogens with one attached hydrogen (secondary N) is 3. The maximum absolute atomic E-state index is 12.9. The van der Waals surface area contributed by atoms with Crippen molar-refractivity contribution in [2.45, 2.75) is 31.2 Å². The molecule has 1 aromatic carbocycles. The third-order valence-corrected chi connectivity index (χ3v) is 7.07. The van der Waals surface area contributed by atoms with Gasteiger partial charge in [0.15, 0.2) is 5.01 Å². The van der Waals surface area contributed by atoms with E-state index in [-0.39, 0.29) is 22.2 Å². The fourth-order valence-corrected chi connectivity index (χ4v) is 5.22. The molecule has 0 aliphatic heterocycles. The lowest BCUT2D eigenvalue weighted by atomic mass is 10.1. The summed E-state index contributed by atoms with van der Waals surface area (Å²) < 4.78 is 28.5. The van der Waals surface area contributed by atoms with Crippen LogP contribution in [0.1, 0.15) is 28.2 Å². The molecule has 0 saturated carbocycles. The second-order valence-corrected chi connectivity index (χ2v) is 10.5. The number of hydrogen-bond donors (Lipinski definition) is 4. The molecular weight excluding hydrogens is 518 g/mol. The van der Waals surface area contributed by atoms with Gasteiger partial charge < -0.3 is 15.3 Å². The molecule has 0 spiro atoms. The first kappa shape index (κ1) is 27.7. The number of thiazole rings is 1. The van der Waals surface area contributed by atoms with Crippen molar-refractivity contribution in [3.05, 3.63) is 81.2 Å². The number of nitrogens with zero attached hydrogens (tertiary/aromatic N) is 3. The van der Waals surface area contributed by atoms with Crippen LogP contribution < -0.4 is 26.9 Å². The molecule has 3 aromatic rings. The van der Waals surface area contributed by atoms with Crippen LogP contribution >= 0.6 is 11.3 Å². The van der Waals surface area contributed by atoms with Crippen molar-refractivity contribution in [3.63, 3.8) is 0 Å². The van der Waals surface area contributed by atoms with E-state index < -0.39 is 34.1 Å².